The van der Waals surface area contributed by atoms with E-state index in [1.807, 2.05) is 61.5 Å². The summed E-state index contributed by atoms with van der Waals surface area (Å²) in [4.78, 5) is 19.0. The van der Waals surface area contributed by atoms with Gasteiger partial charge in [0.2, 0.25) is 0 Å². The molecule has 1 atom stereocenters. The highest BCUT2D eigenvalue weighted by Gasteiger charge is 2.41. The van der Waals surface area contributed by atoms with Gasteiger partial charge in [0.05, 0.1) is 18.3 Å². The first kappa shape index (κ1) is 18.3. The molecule has 4 nitrogen and oxygen atoms in total. The topological polar surface area (TPSA) is 53.4 Å². The summed E-state index contributed by atoms with van der Waals surface area (Å²) in [5.74, 6) is -0.624. The average Bonchev–Trinajstić information content (AvgIpc) is 2.95. The minimum Gasteiger partial charge on any atom is -0.503 e. The lowest BCUT2D eigenvalue weighted by molar-refractivity contribution is -0.130. The fourth-order valence-corrected chi connectivity index (χ4v) is 3.63. The van der Waals surface area contributed by atoms with Crippen LogP contribution in [0.1, 0.15) is 28.4 Å². The Bertz CT molecular complexity index is 1030. The molecule has 140 valence electrons. The van der Waals surface area contributed by atoms with Crippen LogP contribution in [0.3, 0.4) is 0 Å². The molecule has 0 spiro atoms. The number of pyridine rings is 1. The molecule has 4 rings (SSSR count). The van der Waals surface area contributed by atoms with Crippen LogP contribution in [0.2, 0.25) is 5.02 Å². The summed E-state index contributed by atoms with van der Waals surface area (Å²) in [6.07, 6.45) is 1.70. The molecule has 0 fully saturated rings. The number of aryl methyl sites for hydroxylation is 1. The highest BCUT2D eigenvalue weighted by Crippen LogP contribution is 2.43. The molecule has 0 unspecified atom stereocenters. The zero-order chi connectivity index (χ0) is 19.7. The highest BCUT2D eigenvalue weighted by atomic mass is 35.5. The fraction of sp³-hybridized carbons (Fsp3) is 0.130. The van der Waals surface area contributed by atoms with Crippen LogP contribution in [0.4, 0.5) is 0 Å². The Morgan fingerprint density at radius 1 is 1.04 bits per heavy atom. The smallest absolute Gasteiger partial charge is 0.290 e. The molecule has 0 bridgehead atoms. The minimum atomic E-state index is -0.422. The summed E-state index contributed by atoms with van der Waals surface area (Å²) < 4.78 is 0. The maximum absolute atomic E-state index is 13.0. The Labute approximate surface area is 168 Å². The van der Waals surface area contributed by atoms with E-state index in [-0.39, 0.29) is 5.76 Å². The summed E-state index contributed by atoms with van der Waals surface area (Å²) >= 11 is 6.06. The summed E-state index contributed by atoms with van der Waals surface area (Å²) in [5.41, 5.74) is 4.17. The van der Waals surface area contributed by atoms with Crippen molar-refractivity contribution >= 4 is 23.1 Å². The maximum Gasteiger partial charge on any atom is 0.290 e. The molecule has 0 saturated carbocycles. The highest BCUT2D eigenvalue weighted by molar-refractivity contribution is 6.30. The van der Waals surface area contributed by atoms with E-state index in [2.05, 4.69) is 4.98 Å². The standard InChI is InChI=1S/C23H19ClN2O2/c1-15-5-7-16(8-6-15)20-21(17-9-11-18(24)12-10-17)26(23(28)22(20)27)14-19-4-2-3-13-25-19/h2-13,21,27H,14H2,1H3/t21-/m0/s1. The summed E-state index contributed by atoms with van der Waals surface area (Å²) in [5, 5.41) is 11.4. The van der Waals surface area contributed by atoms with Gasteiger partial charge < -0.3 is 10.0 Å². The Kier molecular flexibility index (Phi) is 4.88. The zero-order valence-electron chi connectivity index (χ0n) is 15.3. The van der Waals surface area contributed by atoms with Gasteiger partial charge in [-0.05, 0) is 42.3 Å². The Morgan fingerprint density at radius 3 is 2.39 bits per heavy atom. The van der Waals surface area contributed by atoms with Gasteiger partial charge in [-0.15, -0.1) is 0 Å². The minimum absolute atomic E-state index is 0.222. The van der Waals surface area contributed by atoms with Crippen LogP contribution in [-0.4, -0.2) is 20.9 Å². The number of hydrogen-bond acceptors (Lipinski definition) is 3. The zero-order valence-corrected chi connectivity index (χ0v) is 16.1. The molecule has 1 aliphatic heterocycles. The van der Waals surface area contributed by atoms with E-state index in [9.17, 15) is 9.90 Å². The van der Waals surface area contributed by atoms with Gasteiger partial charge in [-0.1, -0.05) is 59.6 Å². The molecule has 5 heteroatoms. The summed E-state index contributed by atoms with van der Waals surface area (Å²) in [6.45, 7) is 2.30. The fourth-order valence-electron chi connectivity index (χ4n) is 3.50. The number of carbonyl (C=O) groups excluding carboxylic acids is 1. The predicted octanol–water partition coefficient (Wildman–Crippen LogP) is 5.10. The lowest BCUT2D eigenvalue weighted by atomic mass is 9.93. The SMILES string of the molecule is Cc1ccc(C2=C(O)C(=O)N(Cc3ccccn3)[C@H]2c2ccc(Cl)cc2)cc1. The molecule has 1 N–H and O–H groups in total. The third-order valence-corrected chi connectivity index (χ3v) is 5.16. The number of aromatic nitrogens is 1. The second-order valence-corrected chi connectivity index (χ2v) is 7.27. The van der Waals surface area contributed by atoms with Crippen molar-refractivity contribution in [1.29, 1.82) is 0 Å². The van der Waals surface area contributed by atoms with Gasteiger partial charge in [0.15, 0.2) is 5.76 Å². The number of aliphatic hydroxyl groups excluding tert-OH is 1. The molecule has 1 amide bonds. The number of aliphatic hydroxyl groups is 1. The number of nitrogens with zero attached hydrogens (tertiary/aromatic N) is 2. The number of benzene rings is 2. The molecule has 2 aromatic carbocycles. The van der Waals surface area contributed by atoms with Gasteiger partial charge in [-0.25, -0.2) is 0 Å². The lowest BCUT2D eigenvalue weighted by Gasteiger charge is -2.27. The molecular formula is C23H19ClN2O2. The van der Waals surface area contributed by atoms with Crippen molar-refractivity contribution in [3.05, 3.63) is 106 Å². The number of halogens is 1. The molecular weight excluding hydrogens is 372 g/mol. The number of hydrogen-bond donors (Lipinski definition) is 1. The van der Waals surface area contributed by atoms with Crippen LogP contribution >= 0.6 is 11.6 Å². The molecule has 2 heterocycles. The van der Waals surface area contributed by atoms with E-state index in [4.69, 9.17) is 11.6 Å². The molecule has 0 radical (unpaired) electrons. The number of amides is 1. The van der Waals surface area contributed by atoms with Gasteiger partial charge in [0.1, 0.15) is 0 Å². The van der Waals surface area contributed by atoms with Crippen LogP contribution in [0.25, 0.3) is 5.57 Å². The number of carbonyl (C=O) groups is 1. The van der Waals surface area contributed by atoms with Crippen molar-refractivity contribution < 1.29 is 9.90 Å². The second-order valence-electron chi connectivity index (χ2n) is 6.84. The van der Waals surface area contributed by atoms with Gasteiger partial charge in [-0.2, -0.15) is 0 Å². The quantitative estimate of drug-likeness (QED) is 0.674. The van der Waals surface area contributed by atoms with Crippen LogP contribution in [0, 0.1) is 6.92 Å². The van der Waals surface area contributed by atoms with Gasteiger partial charge >= 0.3 is 0 Å². The van der Waals surface area contributed by atoms with Crippen LogP contribution in [0.5, 0.6) is 0 Å². The van der Waals surface area contributed by atoms with Crippen molar-refractivity contribution in [3.63, 3.8) is 0 Å². The van der Waals surface area contributed by atoms with Gasteiger partial charge in [-0.3, -0.25) is 9.78 Å². The third kappa shape index (κ3) is 3.39. The predicted molar refractivity (Wildman–Crippen MR) is 110 cm³/mol. The largest absolute Gasteiger partial charge is 0.503 e. The normalized spacial score (nSPS) is 16.7. The molecule has 3 aromatic rings. The first-order valence-electron chi connectivity index (χ1n) is 9.01. The van der Waals surface area contributed by atoms with Gasteiger partial charge in [0.25, 0.3) is 5.91 Å². The second kappa shape index (κ2) is 7.49. The van der Waals surface area contributed by atoms with Gasteiger partial charge in [0, 0.05) is 16.8 Å². The van der Waals surface area contributed by atoms with Crippen molar-refractivity contribution in [3.8, 4) is 0 Å². The van der Waals surface area contributed by atoms with Crippen molar-refractivity contribution in [2.24, 2.45) is 0 Å². The molecule has 1 aromatic heterocycles. The molecule has 1 aliphatic rings. The molecule has 0 aliphatic carbocycles. The van der Waals surface area contributed by atoms with E-state index in [0.717, 1.165) is 22.4 Å². The van der Waals surface area contributed by atoms with Crippen molar-refractivity contribution in [2.75, 3.05) is 0 Å². The first-order chi connectivity index (χ1) is 13.5. The van der Waals surface area contributed by atoms with E-state index in [1.165, 1.54) is 0 Å². The van der Waals surface area contributed by atoms with E-state index in [0.29, 0.717) is 17.1 Å². The van der Waals surface area contributed by atoms with E-state index in [1.54, 1.807) is 23.2 Å². The van der Waals surface area contributed by atoms with Crippen LogP contribution in [-0.2, 0) is 11.3 Å². The number of rotatable bonds is 4. The Hall–Kier alpha value is -3.11. The molecule has 0 saturated heterocycles. The summed E-state index contributed by atoms with van der Waals surface area (Å²) in [6, 6.07) is 20.3. The van der Waals surface area contributed by atoms with E-state index < -0.39 is 11.9 Å². The monoisotopic (exact) mass is 390 g/mol. The average molecular weight is 391 g/mol. The van der Waals surface area contributed by atoms with Crippen molar-refractivity contribution in [2.45, 2.75) is 19.5 Å². The molecule has 28 heavy (non-hydrogen) atoms. The Balaban J connectivity index is 1.81. The summed E-state index contributed by atoms with van der Waals surface area (Å²) in [7, 11) is 0. The van der Waals surface area contributed by atoms with Crippen LogP contribution < -0.4 is 0 Å². The van der Waals surface area contributed by atoms with Crippen molar-refractivity contribution in [1.82, 2.24) is 9.88 Å². The van der Waals surface area contributed by atoms with Crippen LogP contribution in [0.15, 0.2) is 78.7 Å². The third-order valence-electron chi connectivity index (χ3n) is 4.91. The lowest BCUT2D eigenvalue weighted by Crippen LogP contribution is -2.30. The first-order valence-corrected chi connectivity index (χ1v) is 9.39. The van der Waals surface area contributed by atoms with E-state index >= 15 is 0 Å². The maximum atomic E-state index is 13.0. The Morgan fingerprint density at radius 2 is 1.75 bits per heavy atom.